The van der Waals surface area contributed by atoms with Gasteiger partial charge in [0.2, 0.25) is 0 Å². The Kier molecular flexibility index (Phi) is 7.94. The Morgan fingerprint density at radius 2 is 1.03 bits per heavy atom. The van der Waals surface area contributed by atoms with Gasteiger partial charge in [-0.25, -0.2) is 8.42 Å². The van der Waals surface area contributed by atoms with Gasteiger partial charge in [-0.3, -0.25) is 0 Å². The zero-order chi connectivity index (χ0) is 26.9. The van der Waals surface area contributed by atoms with Crippen molar-refractivity contribution in [1.29, 1.82) is 0 Å². The molecule has 8 heteroatoms. The molecular formula is C28H32F2O4S2. The summed E-state index contributed by atoms with van der Waals surface area (Å²) in [4.78, 5) is 3.14. The molecule has 0 spiro atoms. The third-order valence-electron chi connectivity index (χ3n) is 5.74. The molecule has 194 valence electrons. The Labute approximate surface area is 215 Å². The van der Waals surface area contributed by atoms with E-state index in [0.717, 1.165) is 14.7 Å². The predicted octanol–water partition coefficient (Wildman–Crippen LogP) is 6.89. The summed E-state index contributed by atoms with van der Waals surface area (Å²) < 4.78 is 64.0. The first-order valence-electron chi connectivity index (χ1n) is 11.5. The maximum absolute atomic E-state index is 13.5. The van der Waals surface area contributed by atoms with E-state index in [-0.39, 0.29) is 16.6 Å². The monoisotopic (exact) mass is 534 g/mol. The van der Waals surface area contributed by atoms with E-state index in [4.69, 9.17) is 4.74 Å². The fourth-order valence-electron chi connectivity index (χ4n) is 3.50. The Morgan fingerprint density at radius 3 is 1.33 bits per heavy atom. The molecule has 0 amide bonds. The van der Waals surface area contributed by atoms with Gasteiger partial charge in [0.1, 0.15) is 5.75 Å². The molecular weight excluding hydrogens is 502 g/mol. The number of halogens is 2. The van der Waals surface area contributed by atoms with Crippen LogP contribution in [0, 0.1) is 0 Å². The number of benzene rings is 3. The van der Waals surface area contributed by atoms with E-state index in [9.17, 15) is 21.8 Å². The van der Waals surface area contributed by atoms with Crippen LogP contribution < -0.4 is 4.74 Å². The highest BCUT2D eigenvalue weighted by atomic mass is 32.2. The summed E-state index contributed by atoms with van der Waals surface area (Å²) in [6.07, 6.45) is 0. The SMILES string of the molecule is CC(C)(C)c1ccc([S+](c2ccc(OCC(F)(F)S(=O)(=O)[O-])cc2)c2ccc(C(C)(C)C)cc2)cc1. The maximum Gasteiger partial charge on any atom is 0.367 e. The van der Waals surface area contributed by atoms with Gasteiger partial charge in [-0.15, -0.1) is 0 Å². The first-order valence-corrected chi connectivity index (χ1v) is 14.1. The van der Waals surface area contributed by atoms with Crippen molar-refractivity contribution >= 4 is 21.0 Å². The van der Waals surface area contributed by atoms with Gasteiger partial charge in [0.15, 0.2) is 31.4 Å². The van der Waals surface area contributed by atoms with Crippen LogP contribution in [-0.4, -0.2) is 24.8 Å². The van der Waals surface area contributed by atoms with Crippen LogP contribution in [0.1, 0.15) is 52.7 Å². The third-order valence-corrected chi connectivity index (χ3v) is 8.82. The number of rotatable bonds is 7. The van der Waals surface area contributed by atoms with Crippen LogP contribution in [0.2, 0.25) is 0 Å². The van der Waals surface area contributed by atoms with Crippen LogP contribution in [0.5, 0.6) is 5.75 Å². The molecule has 0 atom stereocenters. The number of hydrogen-bond donors (Lipinski definition) is 0. The van der Waals surface area contributed by atoms with Crippen molar-refractivity contribution in [3.8, 4) is 5.75 Å². The summed E-state index contributed by atoms with van der Waals surface area (Å²) in [5, 5.41) is -4.50. The molecule has 0 bridgehead atoms. The first kappa shape index (κ1) is 28.2. The summed E-state index contributed by atoms with van der Waals surface area (Å²) in [5.41, 5.74) is 2.47. The largest absolute Gasteiger partial charge is 0.743 e. The van der Waals surface area contributed by atoms with Crippen LogP contribution >= 0.6 is 0 Å². The van der Waals surface area contributed by atoms with E-state index in [1.54, 1.807) is 12.1 Å². The number of alkyl halides is 2. The zero-order valence-corrected chi connectivity index (χ0v) is 23.0. The van der Waals surface area contributed by atoms with Gasteiger partial charge in [-0.2, -0.15) is 8.78 Å². The second kappa shape index (κ2) is 10.1. The Balaban J connectivity index is 1.96. The minimum Gasteiger partial charge on any atom is -0.743 e. The minimum atomic E-state index is -5.80. The topological polar surface area (TPSA) is 66.4 Å². The molecule has 0 heterocycles. The van der Waals surface area contributed by atoms with Crippen LogP contribution in [0.25, 0.3) is 0 Å². The van der Waals surface area contributed by atoms with Gasteiger partial charge in [0, 0.05) is 0 Å². The lowest BCUT2D eigenvalue weighted by Gasteiger charge is -2.20. The van der Waals surface area contributed by atoms with E-state index in [1.807, 2.05) is 0 Å². The molecule has 36 heavy (non-hydrogen) atoms. The molecule has 0 saturated carbocycles. The van der Waals surface area contributed by atoms with Crippen molar-refractivity contribution in [2.45, 2.75) is 72.3 Å². The van der Waals surface area contributed by atoms with Crippen LogP contribution in [0.3, 0.4) is 0 Å². The normalized spacial score (nSPS) is 13.2. The second-order valence-corrected chi connectivity index (χ2v) is 14.2. The molecule has 0 aliphatic carbocycles. The maximum atomic E-state index is 13.5. The van der Waals surface area contributed by atoms with E-state index in [2.05, 4.69) is 90.1 Å². The van der Waals surface area contributed by atoms with Crippen molar-refractivity contribution < 1.29 is 26.5 Å². The van der Waals surface area contributed by atoms with E-state index < -0.39 is 32.9 Å². The van der Waals surface area contributed by atoms with Gasteiger partial charge >= 0.3 is 5.25 Å². The van der Waals surface area contributed by atoms with Gasteiger partial charge in [0.25, 0.3) is 0 Å². The summed E-state index contributed by atoms with van der Waals surface area (Å²) in [6.45, 7) is 11.4. The highest BCUT2D eigenvalue weighted by Gasteiger charge is 2.39. The third kappa shape index (κ3) is 6.66. The smallest absolute Gasteiger partial charge is 0.367 e. The molecule has 0 aromatic heterocycles. The van der Waals surface area contributed by atoms with E-state index in [1.165, 1.54) is 23.3 Å². The molecule has 0 unspecified atom stereocenters. The first-order chi connectivity index (χ1) is 16.5. The summed E-state index contributed by atoms with van der Waals surface area (Å²) >= 11 is 0. The lowest BCUT2D eigenvalue weighted by atomic mass is 9.87. The van der Waals surface area contributed by atoms with Crippen molar-refractivity contribution in [3.05, 3.63) is 83.9 Å². The average molecular weight is 535 g/mol. The number of hydrogen-bond acceptors (Lipinski definition) is 4. The Bertz CT molecular complexity index is 1210. The lowest BCUT2D eigenvalue weighted by Crippen LogP contribution is -2.35. The summed E-state index contributed by atoms with van der Waals surface area (Å²) in [6, 6.07) is 23.5. The van der Waals surface area contributed by atoms with Crippen molar-refractivity contribution in [1.82, 2.24) is 0 Å². The zero-order valence-electron chi connectivity index (χ0n) is 21.3. The minimum absolute atomic E-state index is 0.0180. The molecule has 0 radical (unpaired) electrons. The lowest BCUT2D eigenvalue weighted by molar-refractivity contribution is 0.0279. The Hall–Kier alpha value is -2.42. The van der Waals surface area contributed by atoms with Crippen LogP contribution in [0.4, 0.5) is 8.78 Å². The highest BCUT2D eigenvalue weighted by Crippen LogP contribution is 2.35. The highest BCUT2D eigenvalue weighted by molar-refractivity contribution is 7.97. The summed E-state index contributed by atoms with van der Waals surface area (Å²) in [7, 11) is -6.28. The van der Waals surface area contributed by atoms with E-state index in [0.29, 0.717) is 0 Å². The molecule has 0 aliphatic heterocycles. The van der Waals surface area contributed by atoms with Crippen molar-refractivity contribution in [3.63, 3.8) is 0 Å². The average Bonchev–Trinajstić information content (AvgIpc) is 2.77. The predicted molar refractivity (Wildman–Crippen MR) is 139 cm³/mol. The molecule has 0 aliphatic rings. The van der Waals surface area contributed by atoms with Gasteiger partial charge in [-0.05, 0) is 70.5 Å². The standard InChI is InChI=1S/C28H32F2O4S2/c1-26(2,3)20-7-13-23(14-8-20)35(24-15-9-21(10-16-24)27(4,5)6)25-17-11-22(12-18-25)34-19-28(29,30)36(31,32)33/h7-18H,19H2,1-6H3. The fraction of sp³-hybridized carbons (Fsp3) is 0.357. The van der Waals surface area contributed by atoms with Crippen LogP contribution in [-0.2, 0) is 31.8 Å². The second-order valence-electron chi connectivity index (χ2n) is 10.7. The van der Waals surface area contributed by atoms with Crippen LogP contribution in [0.15, 0.2) is 87.5 Å². The van der Waals surface area contributed by atoms with Gasteiger partial charge in [0.05, 0.1) is 10.9 Å². The molecule has 3 aromatic rings. The molecule has 3 aromatic carbocycles. The number of ether oxygens (including phenoxy) is 1. The van der Waals surface area contributed by atoms with Crippen molar-refractivity contribution in [2.75, 3.05) is 6.61 Å². The summed E-state index contributed by atoms with van der Waals surface area (Å²) in [5.74, 6) is 0.0526. The van der Waals surface area contributed by atoms with Gasteiger partial charge in [-0.1, -0.05) is 65.8 Å². The quantitative estimate of drug-likeness (QED) is 0.244. The molecule has 0 N–H and O–H groups in total. The fourth-order valence-corrected chi connectivity index (χ4v) is 5.75. The van der Waals surface area contributed by atoms with Gasteiger partial charge < -0.3 is 9.29 Å². The molecule has 4 nitrogen and oxygen atoms in total. The molecule has 0 fully saturated rings. The molecule has 3 rings (SSSR count). The van der Waals surface area contributed by atoms with E-state index >= 15 is 0 Å². The Morgan fingerprint density at radius 1 is 0.694 bits per heavy atom. The molecule has 0 saturated heterocycles. The van der Waals surface area contributed by atoms with Crippen molar-refractivity contribution in [2.24, 2.45) is 0 Å².